The van der Waals surface area contributed by atoms with Gasteiger partial charge in [0.2, 0.25) is 0 Å². The van der Waals surface area contributed by atoms with Crippen molar-refractivity contribution in [2.45, 2.75) is 152 Å². The maximum atomic E-state index is 14.4. The second-order valence-corrected chi connectivity index (χ2v) is 19.8. The topological polar surface area (TPSA) is 126 Å². The first-order chi connectivity index (χ1) is 30.6. The number of ketones is 1. The number of hydrogen-bond donors (Lipinski definition) is 0. The van der Waals surface area contributed by atoms with Crippen molar-refractivity contribution in [1.82, 2.24) is 9.97 Å². The van der Waals surface area contributed by atoms with E-state index >= 15 is 0 Å². The Kier molecular flexibility index (Phi) is 18.5. The van der Waals surface area contributed by atoms with Crippen LogP contribution in [0.3, 0.4) is 0 Å². The molecule has 7 atom stereocenters. The van der Waals surface area contributed by atoms with Crippen LogP contribution in [0.15, 0.2) is 53.0 Å². The molecular formula is C55H74MgN4O5-2. The molecule has 1 aliphatic carbocycles. The van der Waals surface area contributed by atoms with E-state index in [2.05, 4.69) is 75.0 Å². The number of aromatic nitrogens is 2. The number of allylic oxidation sites excluding steroid dienone is 4. The molecule has 0 amide bonds. The van der Waals surface area contributed by atoms with Crippen molar-refractivity contribution in [3.05, 3.63) is 108 Å². The van der Waals surface area contributed by atoms with E-state index < -0.39 is 17.9 Å². The smallest absolute Gasteiger partial charge is 0.681 e. The molecule has 0 aromatic carbocycles. The molecule has 4 aliphatic rings. The van der Waals surface area contributed by atoms with E-state index in [1.807, 2.05) is 31.2 Å². The van der Waals surface area contributed by atoms with Crippen LogP contribution >= 0.6 is 0 Å². The number of nitrogens with zero attached hydrogens (tertiary/aromatic N) is 4. The van der Waals surface area contributed by atoms with Gasteiger partial charge in [0, 0.05) is 17.9 Å². The molecule has 0 saturated carbocycles. The maximum Gasteiger partial charge on any atom is 2.00 e. The Morgan fingerprint density at radius 2 is 1.55 bits per heavy atom. The van der Waals surface area contributed by atoms with Crippen LogP contribution in [0.4, 0.5) is 0 Å². The standard InChI is InChI=1S/C55H75N4O5.Mg/c1-13-39-35(8)42-28-44-37(10)41(24-25-48(60)64-27-26-34(7)23-17-22-33(6)21-16-20-32(5)19-15-18-31(3)4)52(58-44)50-51(55(62)63-12)54(61)49-38(11)45(59-53(49)50)30-47-40(14-2)36(9)43(57-47)29-46(39)56-42;/h13,26,28-33,37,39,41,51-52H,1,14-25,27H2,2-12H3,(H-,56,57,61);/q-3;+2/p-1/b34-26+,44-28-;/t32-,33-,37+,39?,41+,51-,52?;/m1./s1. The van der Waals surface area contributed by atoms with Gasteiger partial charge in [0.25, 0.3) is 0 Å². The zero-order chi connectivity index (χ0) is 46.4. The van der Waals surface area contributed by atoms with Gasteiger partial charge < -0.3 is 30.1 Å². The number of rotatable bonds is 20. The monoisotopic (exact) mass is 895 g/mol. The van der Waals surface area contributed by atoms with Crippen molar-refractivity contribution in [1.29, 1.82) is 0 Å². The summed E-state index contributed by atoms with van der Waals surface area (Å²) in [6, 6.07) is -0.606. The molecule has 3 aliphatic heterocycles. The van der Waals surface area contributed by atoms with Crippen molar-refractivity contribution in [2.24, 2.45) is 41.4 Å². The van der Waals surface area contributed by atoms with E-state index in [0.29, 0.717) is 39.7 Å². The zero-order valence-corrected chi connectivity index (χ0v) is 42.9. The molecule has 6 rings (SSSR count). The fraction of sp³-hybridized carbons (Fsp3) is 0.582. The van der Waals surface area contributed by atoms with Gasteiger partial charge in [-0.3, -0.25) is 14.4 Å². The summed E-state index contributed by atoms with van der Waals surface area (Å²) in [5, 5.41) is 11.6. The number of esters is 2. The van der Waals surface area contributed by atoms with Crippen molar-refractivity contribution in [3.8, 4) is 0 Å². The third-order valence-electron chi connectivity index (χ3n) is 14.6. The van der Waals surface area contributed by atoms with E-state index in [1.54, 1.807) is 0 Å². The minimum Gasteiger partial charge on any atom is -0.681 e. The zero-order valence-electron chi connectivity index (χ0n) is 41.4. The van der Waals surface area contributed by atoms with Gasteiger partial charge in [-0.25, -0.2) is 0 Å². The minimum absolute atomic E-state index is 0. The SMILES string of the molecule is C=CC1C(C)=C2/C=C3\[N-]C(C4=c5[n-]/c(c(C)c5C(=O)[C@@H]4C(=O)OC)=C\c4[n-]c(c(C)c4CC)/C=C/1[N-]2)[C@@H](CCC(=O)OC/C=C(\C)CCC[C@H](C)CCC[C@H](C)CCCC(C)C)[C@@H]3C.[Mg+2]. The molecule has 2 aromatic rings. The maximum absolute atomic E-state index is 14.4. The van der Waals surface area contributed by atoms with E-state index in [-0.39, 0.29) is 65.6 Å². The van der Waals surface area contributed by atoms with Gasteiger partial charge in [-0.05, 0) is 89.0 Å². The van der Waals surface area contributed by atoms with Gasteiger partial charge >= 0.3 is 35.0 Å². The summed E-state index contributed by atoms with van der Waals surface area (Å²) in [7, 11) is 1.31. The largest absolute Gasteiger partial charge is 2.00 e. The van der Waals surface area contributed by atoms with Crippen LogP contribution in [0.1, 0.15) is 164 Å². The molecule has 0 radical (unpaired) electrons. The minimum atomic E-state index is -1.18. The third kappa shape index (κ3) is 11.8. The molecule has 10 heteroatoms. The van der Waals surface area contributed by atoms with Crippen LogP contribution in [-0.2, 0) is 25.5 Å². The Morgan fingerprint density at radius 1 is 0.877 bits per heavy atom. The summed E-state index contributed by atoms with van der Waals surface area (Å²) < 4.78 is 11.1. The van der Waals surface area contributed by atoms with Crippen LogP contribution in [0.25, 0.3) is 28.4 Å². The van der Waals surface area contributed by atoms with Crippen LogP contribution in [0, 0.1) is 55.3 Å². The molecule has 0 spiro atoms. The molecule has 2 unspecified atom stereocenters. The average Bonchev–Trinajstić information content (AvgIpc) is 3.99. The van der Waals surface area contributed by atoms with Crippen molar-refractivity contribution >= 4 is 58.5 Å². The first-order valence-electron chi connectivity index (χ1n) is 24.3. The summed E-state index contributed by atoms with van der Waals surface area (Å²) in [5.74, 6) is -0.562. The Balaban J connectivity index is 0.00000793. The van der Waals surface area contributed by atoms with Gasteiger partial charge in [0.15, 0.2) is 5.78 Å². The van der Waals surface area contributed by atoms with Crippen molar-refractivity contribution < 1.29 is 23.9 Å². The Labute approximate surface area is 405 Å². The summed E-state index contributed by atoms with van der Waals surface area (Å²) in [6.07, 6.45) is 22.7. The second kappa shape index (κ2) is 23.1. The summed E-state index contributed by atoms with van der Waals surface area (Å²) in [6.45, 7) is 26.2. The Hall–Kier alpha value is -4.02. The predicted molar refractivity (Wildman–Crippen MR) is 264 cm³/mol. The van der Waals surface area contributed by atoms with Crippen LogP contribution < -0.4 is 20.7 Å². The molecule has 5 heterocycles. The van der Waals surface area contributed by atoms with E-state index in [0.717, 1.165) is 76.3 Å². The normalized spacial score (nSPS) is 24.3. The summed E-state index contributed by atoms with van der Waals surface area (Å²) in [5.41, 5.74) is 10.2. The fourth-order valence-electron chi connectivity index (χ4n) is 10.5. The molecule has 1 fully saturated rings. The second-order valence-electron chi connectivity index (χ2n) is 19.8. The predicted octanol–water partition coefficient (Wildman–Crippen LogP) is 10.8. The number of methoxy groups -OCH3 is 1. The number of carbonyl (C=O) groups is 3. The van der Waals surface area contributed by atoms with Crippen molar-refractivity contribution in [3.63, 3.8) is 0 Å². The molecule has 2 aromatic heterocycles. The van der Waals surface area contributed by atoms with Gasteiger partial charge in [-0.2, -0.15) is 5.70 Å². The summed E-state index contributed by atoms with van der Waals surface area (Å²) in [4.78, 5) is 51.6. The first kappa shape index (κ1) is 52.0. The van der Waals surface area contributed by atoms with Crippen LogP contribution in [-0.4, -0.2) is 60.5 Å². The van der Waals surface area contributed by atoms with E-state index in [1.165, 1.54) is 57.6 Å². The van der Waals surface area contributed by atoms with Crippen molar-refractivity contribution in [2.75, 3.05) is 13.7 Å². The summed E-state index contributed by atoms with van der Waals surface area (Å²) >= 11 is 0. The molecule has 9 nitrogen and oxygen atoms in total. The Morgan fingerprint density at radius 3 is 2.20 bits per heavy atom. The number of fused-ring (bicyclic) bond motifs is 8. The van der Waals surface area contributed by atoms with Gasteiger partial charge in [0.1, 0.15) is 12.5 Å². The first-order valence-corrected chi connectivity index (χ1v) is 24.3. The van der Waals surface area contributed by atoms with E-state index in [4.69, 9.17) is 30.1 Å². The van der Waals surface area contributed by atoms with Crippen LogP contribution in [0.2, 0.25) is 0 Å². The molecule has 348 valence electrons. The Bertz CT molecular complexity index is 2340. The molecular weight excluding hydrogens is 821 g/mol. The quantitative estimate of drug-likeness (QED) is 0.0561. The number of hydrogen-bond acceptors (Lipinski definition) is 5. The van der Waals surface area contributed by atoms with Gasteiger partial charge in [-0.1, -0.05) is 150 Å². The molecule has 8 bridgehead atoms. The number of carbonyl (C=O) groups excluding carboxylic acids is 3. The average molecular weight is 896 g/mol. The van der Waals surface area contributed by atoms with Gasteiger partial charge in [-0.15, -0.1) is 40.1 Å². The molecule has 65 heavy (non-hydrogen) atoms. The third-order valence-corrected chi connectivity index (χ3v) is 14.6. The van der Waals surface area contributed by atoms with E-state index in [9.17, 15) is 14.4 Å². The number of Topliss-reactive ketones (excluding diaryl/α,β-unsaturated/α-hetero) is 1. The number of ether oxygens (including phenoxy) is 2. The molecule has 0 N–H and O–H groups in total. The molecule has 1 saturated heterocycles. The van der Waals surface area contributed by atoms with Crippen LogP contribution in [0.5, 0.6) is 0 Å². The fourth-order valence-corrected chi connectivity index (χ4v) is 10.5. The van der Waals surface area contributed by atoms with Gasteiger partial charge in [0.05, 0.1) is 7.11 Å².